The van der Waals surface area contributed by atoms with Gasteiger partial charge in [0.1, 0.15) is 0 Å². The summed E-state index contributed by atoms with van der Waals surface area (Å²) < 4.78 is 2.09. The molecule has 1 heterocycles. The van der Waals surface area contributed by atoms with Crippen LogP contribution in [-0.4, -0.2) is 17.2 Å². The molecule has 0 aliphatic rings. The molecule has 0 atom stereocenters. The first-order valence-electron chi connectivity index (χ1n) is 10.6. The summed E-state index contributed by atoms with van der Waals surface area (Å²) in [6.45, 7) is 0. The fraction of sp³-hybridized carbons (Fsp3) is 0. The normalized spacial score (nSPS) is 11.4. The smallest absolute Gasteiger partial charge is 0.423 e. The Morgan fingerprint density at radius 3 is 2.09 bits per heavy atom. The summed E-state index contributed by atoms with van der Waals surface area (Å²) in [6.07, 6.45) is 0. The van der Waals surface area contributed by atoms with Crippen molar-refractivity contribution in [1.29, 1.82) is 0 Å². The van der Waals surface area contributed by atoms with Crippen molar-refractivity contribution in [3.05, 3.63) is 103 Å². The lowest BCUT2D eigenvalue weighted by Gasteiger charge is -2.10. The van der Waals surface area contributed by atoms with Crippen LogP contribution in [0.5, 0.6) is 0 Å². The van der Waals surface area contributed by atoms with E-state index in [0.29, 0.717) is 5.46 Å². The molecule has 2 nitrogen and oxygen atoms in total. The minimum Gasteiger partial charge on any atom is -0.423 e. The lowest BCUT2D eigenvalue weighted by Crippen LogP contribution is -2.29. The van der Waals surface area contributed by atoms with Crippen LogP contribution in [0.1, 0.15) is 0 Å². The summed E-state index contributed by atoms with van der Waals surface area (Å²) in [4.78, 5) is 0. The van der Waals surface area contributed by atoms with Crippen LogP contribution in [0.25, 0.3) is 53.2 Å². The standard InChI is InChI=1S/C28H19BO2S/c30-29(31)25-15-7-14-23-26-22-13-5-4-10-21(22)17-24(28(26)32-27(23)25)20-12-6-11-19(16-20)18-8-2-1-3-9-18/h1-17,30-31H. The van der Waals surface area contributed by atoms with Crippen molar-refractivity contribution < 1.29 is 10.0 Å². The van der Waals surface area contributed by atoms with Crippen LogP contribution in [0.4, 0.5) is 0 Å². The average Bonchev–Trinajstić information content (AvgIpc) is 3.24. The first kappa shape index (κ1) is 19.3. The molecule has 5 aromatic carbocycles. The van der Waals surface area contributed by atoms with Gasteiger partial charge in [0.2, 0.25) is 0 Å². The van der Waals surface area contributed by atoms with Crippen LogP contribution in [0.3, 0.4) is 0 Å². The van der Waals surface area contributed by atoms with Gasteiger partial charge < -0.3 is 10.0 Å². The Morgan fingerprint density at radius 1 is 0.562 bits per heavy atom. The largest absolute Gasteiger partial charge is 0.489 e. The summed E-state index contributed by atoms with van der Waals surface area (Å²) in [5.74, 6) is 0. The van der Waals surface area contributed by atoms with Gasteiger partial charge in [-0.15, -0.1) is 11.3 Å². The highest BCUT2D eigenvalue weighted by Gasteiger charge is 2.20. The van der Waals surface area contributed by atoms with E-state index >= 15 is 0 Å². The van der Waals surface area contributed by atoms with Crippen LogP contribution in [0, 0.1) is 0 Å². The molecule has 4 heteroatoms. The molecule has 32 heavy (non-hydrogen) atoms. The second-order valence-electron chi connectivity index (χ2n) is 8.00. The van der Waals surface area contributed by atoms with Crippen LogP contribution < -0.4 is 5.46 Å². The van der Waals surface area contributed by atoms with E-state index in [9.17, 15) is 10.0 Å². The van der Waals surface area contributed by atoms with Gasteiger partial charge in [-0.2, -0.15) is 0 Å². The average molecular weight is 430 g/mol. The van der Waals surface area contributed by atoms with Crippen molar-refractivity contribution >= 4 is 54.9 Å². The van der Waals surface area contributed by atoms with Crippen LogP contribution in [-0.2, 0) is 0 Å². The first-order chi connectivity index (χ1) is 15.7. The number of hydrogen-bond donors (Lipinski definition) is 2. The number of rotatable bonds is 3. The summed E-state index contributed by atoms with van der Waals surface area (Å²) in [7, 11) is -1.50. The summed E-state index contributed by atoms with van der Waals surface area (Å²) in [5.41, 5.74) is 5.23. The Labute approximate surface area is 190 Å². The first-order valence-corrected chi connectivity index (χ1v) is 11.4. The summed E-state index contributed by atoms with van der Waals surface area (Å²) in [6, 6.07) is 35.5. The second-order valence-corrected chi connectivity index (χ2v) is 9.02. The minimum absolute atomic E-state index is 0.553. The van der Waals surface area contributed by atoms with Gasteiger partial charge in [0.15, 0.2) is 0 Å². The summed E-state index contributed by atoms with van der Waals surface area (Å²) in [5, 5.41) is 24.5. The number of hydrogen-bond acceptors (Lipinski definition) is 3. The Hall–Kier alpha value is -3.44. The zero-order valence-corrected chi connectivity index (χ0v) is 18.0. The van der Waals surface area contributed by atoms with Crippen molar-refractivity contribution in [1.82, 2.24) is 0 Å². The Kier molecular flexibility index (Phi) is 4.58. The van der Waals surface area contributed by atoms with Crippen molar-refractivity contribution in [3.8, 4) is 22.3 Å². The van der Waals surface area contributed by atoms with Crippen molar-refractivity contribution in [2.75, 3.05) is 0 Å². The molecule has 152 valence electrons. The minimum atomic E-state index is -1.50. The topological polar surface area (TPSA) is 40.5 Å². The highest BCUT2D eigenvalue weighted by atomic mass is 32.1. The van der Waals surface area contributed by atoms with Gasteiger partial charge in [-0.05, 0) is 45.1 Å². The molecule has 0 aliphatic carbocycles. The van der Waals surface area contributed by atoms with Crippen LogP contribution in [0.2, 0.25) is 0 Å². The zero-order valence-electron chi connectivity index (χ0n) is 17.2. The molecule has 0 saturated heterocycles. The third kappa shape index (κ3) is 3.04. The Balaban J connectivity index is 1.71. The number of thiophene rings is 1. The molecule has 0 saturated carbocycles. The molecule has 1 aromatic heterocycles. The molecule has 0 spiro atoms. The Bertz CT molecular complexity index is 1600. The zero-order chi connectivity index (χ0) is 21.7. The van der Waals surface area contributed by atoms with Gasteiger partial charge in [0.05, 0.1) is 0 Å². The predicted octanol–water partition coefficient (Wildman–Crippen LogP) is 6.22. The van der Waals surface area contributed by atoms with Gasteiger partial charge in [0.25, 0.3) is 0 Å². The molecule has 6 rings (SSSR count). The van der Waals surface area contributed by atoms with Crippen molar-refractivity contribution in [2.24, 2.45) is 0 Å². The fourth-order valence-electron chi connectivity index (χ4n) is 4.58. The lowest BCUT2D eigenvalue weighted by molar-refractivity contribution is 0.426. The molecule has 0 aliphatic heterocycles. The van der Waals surface area contributed by atoms with Crippen molar-refractivity contribution in [2.45, 2.75) is 0 Å². The van der Waals surface area contributed by atoms with Crippen molar-refractivity contribution in [3.63, 3.8) is 0 Å². The molecule has 0 fully saturated rings. The highest BCUT2D eigenvalue weighted by Crippen LogP contribution is 2.44. The van der Waals surface area contributed by atoms with Gasteiger partial charge in [-0.25, -0.2) is 0 Å². The quantitative estimate of drug-likeness (QED) is 0.327. The third-order valence-electron chi connectivity index (χ3n) is 6.08. The van der Waals surface area contributed by atoms with Crippen LogP contribution in [0.15, 0.2) is 103 Å². The maximum Gasteiger partial charge on any atom is 0.489 e. The molecule has 0 amide bonds. The van der Waals surface area contributed by atoms with E-state index in [-0.39, 0.29) is 0 Å². The molecule has 0 unspecified atom stereocenters. The van der Waals surface area contributed by atoms with Gasteiger partial charge in [-0.1, -0.05) is 91.0 Å². The lowest BCUT2D eigenvalue weighted by atomic mass is 9.79. The predicted molar refractivity (Wildman–Crippen MR) is 138 cm³/mol. The monoisotopic (exact) mass is 430 g/mol. The fourth-order valence-corrected chi connectivity index (χ4v) is 5.97. The number of fused-ring (bicyclic) bond motifs is 5. The summed E-state index contributed by atoms with van der Waals surface area (Å²) >= 11 is 1.63. The van der Waals surface area contributed by atoms with E-state index < -0.39 is 7.12 Å². The maximum atomic E-state index is 9.97. The maximum absolute atomic E-state index is 9.97. The molecule has 2 N–H and O–H groups in total. The third-order valence-corrected chi connectivity index (χ3v) is 7.37. The van der Waals surface area contributed by atoms with Gasteiger partial charge in [-0.3, -0.25) is 0 Å². The molecular weight excluding hydrogens is 411 g/mol. The molecule has 0 radical (unpaired) electrons. The van der Waals surface area contributed by atoms with E-state index in [2.05, 4.69) is 84.9 Å². The van der Waals surface area contributed by atoms with E-state index in [1.807, 2.05) is 12.1 Å². The highest BCUT2D eigenvalue weighted by molar-refractivity contribution is 7.27. The van der Waals surface area contributed by atoms with Crippen LogP contribution >= 0.6 is 11.3 Å². The molecular formula is C28H19BO2S. The van der Waals surface area contributed by atoms with E-state index in [0.717, 1.165) is 25.9 Å². The molecule has 0 bridgehead atoms. The SMILES string of the molecule is OB(O)c1cccc2c1sc1c(-c3cccc(-c4ccccc4)c3)cc3ccccc3c12. The second kappa shape index (κ2) is 7.61. The van der Waals surface area contributed by atoms with E-state index in [4.69, 9.17) is 0 Å². The van der Waals surface area contributed by atoms with Gasteiger partial charge in [0, 0.05) is 25.7 Å². The van der Waals surface area contributed by atoms with E-state index in [1.165, 1.54) is 27.3 Å². The number of benzene rings is 5. The van der Waals surface area contributed by atoms with Gasteiger partial charge >= 0.3 is 7.12 Å². The molecule has 6 aromatic rings. The van der Waals surface area contributed by atoms with E-state index in [1.54, 1.807) is 17.4 Å². The Morgan fingerprint density at radius 2 is 1.25 bits per heavy atom.